The lowest BCUT2D eigenvalue weighted by molar-refractivity contribution is -0.116. The maximum atomic E-state index is 12.2. The number of ether oxygens (including phenoxy) is 2. The topological polar surface area (TPSA) is 93.7 Å². The minimum Gasteiger partial charge on any atom is -0.497 e. The van der Waals surface area contributed by atoms with E-state index in [1.54, 1.807) is 43.5 Å². The highest BCUT2D eigenvalue weighted by Gasteiger charge is 2.28. The summed E-state index contributed by atoms with van der Waals surface area (Å²) < 4.78 is 37.7. The Morgan fingerprint density at radius 1 is 1.11 bits per heavy atom. The number of sulfonamides is 1. The summed E-state index contributed by atoms with van der Waals surface area (Å²) in [7, 11) is -1.96. The third kappa shape index (κ3) is 5.70. The summed E-state index contributed by atoms with van der Waals surface area (Å²) in [6.45, 7) is 0.208. The lowest BCUT2D eigenvalue weighted by Crippen LogP contribution is -2.25. The first-order valence-corrected chi connectivity index (χ1v) is 10.1. The van der Waals surface area contributed by atoms with Crippen LogP contribution in [0.15, 0.2) is 53.4 Å². The van der Waals surface area contributed by atoms with Crippen LogP contribution >= 0.6 is 0 Å². The summed E-state index contributed by atoms with van der Waals surface area (Å²) in [6, 6.07) is 13.3. The average Bonchev–Trinajstić information content (AvgIpc) is 3.46. The molecule has 0 atom stereocenters. The van der Waals surface area contributed by atoms with E-state index in [0.717, 1.165) is 18.6 Å². The third-order valence-corrected chi connectivity index (χ3v) is 5.50. The lowest BCUT2D eigenvalue weighted by Gasteiger charge is -2.10. The molecule has 0 heterocycles. The molecule has 0 unspecified atom stereocenters. The second kappa shape index (κ2) is 8.41. The van der Waals surface area contributed by atoms with E-state index >= 15 is 0 Å². The number of benzene rings is 2. The van der Waals surface area contributed by atoms with Gasteiger partial charge in [-0.1, -0.05) is 6.07 Å². The smallest absolute Gasteiger partial charge is 0.240 e. The van der Waals surface area contributed by atoms with Gasteiger partial charge in [0.1, 0.15) is 11.5 Å². The van der Waals surface area contributed by atoms with Crippen LogP contribution in [0, 0.1) is 0 Å². The van der Waals surface area contributed by atoms with Crippen molar-refractivity contribution in [2.24, 2.45) is 0 Å². The predicted octanol–water partition coefficient (Wildman–Crippen LogP) is 2.54. The molecule has 0 radical (unpaired) electrons. The van der Waals surface area contributed by atoms with Gasteiger partial charge in [0.2, 0.25) is 15.9 Å². The van der Waals surface area contributed by atoms with Crippen LogP contribution in [0.4, 0.5) is 5.69 Å². The molecule has 0 saturated heterocycles. The number of amides is 1. The summed E-state index contributed by atoms with van der Waals surface area (Å²) >= 11 is 0. The van der Waals surface area contributed by atoms with Gasteiger partial charge < -0.3 is 14.8 Å². The summed E-state index contributed by atoms with van der Waals surface area (Å²) in [5.74, 6) is 1.11. The number of hydrogen-bond donors (Lipinski definition) is 2. The zero-order valence-corrected chi connectivity index (χ0v) is 15.8. The van der Waals surface area contributed by atoms with Crippen molar-refractivity contribution in [1.29, 1.82) is 0 Å². The second-order valence-corrected chi connectivity index (χ2v) is 7.96. The summed E-state index contributed by atoms with van der Waals surface area (Å²) in [4.78, 5) is 12.2. The van der Waals surface area contributed by atoms with Gasteiger partial charge in [0.15, 0.2) is 0 Å². The van der Waals surface area contributed by atoms with Gasteiger partial charge in [-0.05, 0) is 55.3 Å². The minimum atomic E-state index is -3.55. The van der Waals surface area contributed by atoms with Crippen molar-refractivity contribution in [3.63, 3.8) is 0 Å². The molecule has 144 valence electrons. The predicted molar refractivity (Wildman–Crippen MR) is 102 cm³/mol. The molecule has 0 bridgehead atoms. The Hall–Kier alpha value is -2.58. The van der Waals surface area contributed by atoms with Gasteiger partial charge >= 0.3 is 0 Å². The van der Waals surface area contributed by atoms with Crippen molar-refractivity contribution < 1.29 is 22.7 Å². The van der Waals surface area contributed by atoms with Crippen molar-refractivity contribution >= 4 is 21.6 Å². The Kier molecular flexibility index (Phi) is 5.98. The largest absolute Gasteiger partial charge is 0.497 e. The van der Waals surface area contributed by atoms with Crippen molar-refractivity contribution in [2.45, 2.75) is 30.2 Å². The van der Waals surface area contributed by atoms with E-state index in [1.165, 1.54) is 12.1 Å². The van der Waals surface area contributed by atoms with Gasteiger partial charge in [0.05, 0.1) is 25.0 Å². The maximum Gasteiger partial charge on any atom is 0.240 e. The summed E-state index contributed by atoms with van der Waals surface area (Å²) in [5, 5.41) is 2.70. The van der Waals surface area contributed by atoms with Crippen LogP contribution in [0.25, 0.3) is 0 Å². The number of carbonyl (C=O) groups excluding carboxylic acids is 1. The normalized spacial score (nSPS) is 13.8. The SMILES string of the molecule is COc1ccc(OCCC(=O)Nc2cccc(S(=O)(=O)NC3CC3)c2)cc1. The first kappa shape index (κ1) is 19.2. The third-order valence-electron chi connectivity index (χ3n) is 3.98. The van der Waals surface area contributed by atoms with Crippen LogP contribution in [-0.4, -0.2) is 34.1 Å². The van der Waals surface area contributed by atoms with E-state index in [9.17, 15) is 13.2 Å². The number of nitrogens with one attached hydrogen (secondary N) is 2. The van der Waals surface area contributed by atoms with Crippen LogP contribution < -0.4 is 19.5 Å². The molecule has 7 nitrogen and oxygen atoms in total. The zero-order valence-electron chi connectivity index (χ0n) is 15.0. The highest BCUT2D eigenvalue weighted by molar-refractivity contribution is 7.89. The number of carbonyl (C=O) groups is 1. The van der Waals surface area contributed by atoms with Crippen molar-refractivity contribution in [1.82, 2.24) is 4.72 Å². The molecular weight excluding hydrogens is 368 g/mol. The maximum absolute atomic E-state index is 12.2. The Bertz CT molecular complexity index is 893. The van der Waals surface area contributed by atoms with Crippen molar-refractivity contribution in [2.75, 3.05) is 19.0 Å². The fourth-order valence-electron chi connectivity index (χ4n) is 2.39. The molecule has 0 aromatic heterocycles. The fourth-order valence-corrected chi connectivity index (χ4v) is 3.74. The van der Waals surface area contributed by atoms with Crippen LogP contribution in [0.3, 0.4) is 0 Å². The lowest BCUT2D eigenvalue weighted by atomic mass is 10.3. The van der Waals surface area contributed by atoms with Crippen LogP contribution in [0.1, 0.15) is 19.3 Å². The number of rotatable bonds is 9. The summed E-state index contributed by atoms with van der Waals surface area (Å²) in [5.41, 5.74) is 0.433. The highest BCUT2D eigenvalue weighted by Crippen LogP contribution is 2.23. The van der Waals surface area contributed by atoms with Crippen LogP contribution in [-0.2, 0) is 14.8 Å². The standard InChI is InChI=1S/C19H22N2O5S/c1-25-16-7-9-17(10-8-16)26-12-11-19(22)20-15-3-2-4-18(13-15)27(23,24)21-14-5-6-14/h2-4,7-10,13-14,21H,5-6,11-12H2,1H3,(H,20,22). The van der Waals surface area contributed by atoms with E-state index < -0.39 is 10.0 Å². The van der Waals surface area contributed by atoms with Crippen molar-refractivity contribution in [3.8, 4) is 11.5 Å². The monoisotopic (exact) mass is 390 g/mol. The Balaban J connectivity index is 1.50. The first-order valence-electron chi connectivity index (χ1n) is 8.65. The molecule has 8 heteroatoms. The van der Waals surface area contributed by atoms with E-state index in [1.807, 2.05) is 0 Å². The molecule has 2 N–H and O–H groups in total. The van der Waals surface area contributed by atoms with Gasteiger partial charge in [-0.15, -0.1) is 0 Å². The molecule has 1 saturated carbocycles. The van der Waals surface area contributed by atoms with Gasteiger partial charge in [-0.25, -0.2) is 13.1 Å². The average molecular weight is 390 g/mol. The highest BCUT2D eigenvalue weighted by atomic mass is 32.2. The van der Waals surface area contributed by atoms with Gasteiger partial charge in [-0.3, -0.25) is 4.79 Å². The number of methoxy groups -OCH3 is 1. The molecule has 1 amide bonds. The number of hydrogen-bond acceptors (Lipinski definition) is 5. The van der Waals surface area contributed by atoms with E-state index in [-0.39, 0.29) is 29.9 Å². The number of anilines is 1. The van der Waals surface area contributed by atoms with Gasteiger partial charge in [-0.2, -0.15) is 0 Å². The molecule has 2 aromatic carbocycles. The molecule has 1 fully saturated rings. The minimum absolute atomic E-state index is 0.0309. The van der Waals surface area contributed by atoms with E-state index in [2.05, 4.69) is 10.0 Å². The van der Waals surface area contributed by atoms with Gasteiger partial charge in [0, 0.05) is 11.7 Å². The fraction of sp³-hybridized carbons (Fsp3) is 0.316. The Labute approximate surface area is 158 Å². The Morgan fingerprint density at radius 2 is 1.81 bits per heavy atom. The second-order valence-electron chi connectivity index (χ2n) is 6.25. The van der Waals surface area contributed by atoms with Crippen LogP contribution in [0.2, 0.25) is 0 Å². The molecule has 0 spiro atoms. The Morgan fingerprint density at radius 3 is 2.48 bits per heavy atom. The molecule has 1 aliphatic rings. The molecule has 1 aliphatic carbocycles. The van der Waals surface area contributed by atoms with E-state index in [0.29, 0.717) is 11.4 Å². The van der Waals surface area contributed by atoms with E-state index in [4.69, 9.17) is 9.47 Å². The van der Waals surface area contributed by atoms with Gasteiger partial charge in [0.25, 0.3) is 0 Å². The summed E-state index contributed by atoms with van der Waals surface area (Å²) in [6.07, 6.45) is 1.87. The first-order chi connectivity index (χ1) is 13.0. The van der Waals surface area contributed by atoms with Crippen molar-refractivity contribution in [3.05, 3.63) is 48.5 Å². The molecule has 27 heavy (non-hydrogen) atoms. The molecule has 0 aliphatic heterocycles. The molecular formula is C19H22N2O5S. The zero-order chi connectivity index (χ0) is 19.3. The van der Waals surface area contributed by atoms with Crippen LogP contribution in [0.5, 0.6) is 11.5 Å². The molecule has 3 rings (SSSR count). The quantitative estimate of drug-likeness (QED) is 0.686. The molecule has 2 aromatic rings.